The minimum Gasteiger partial charge on any atom is -0.464 e. The zero-order chi connectivity index (χ0) is 14.5. The Morgan fingerprint density at radius 3 is 2.70 bits per heavy atom. The molecular formula is C15H24N4O. The van der Waals surface area contributed by atoms with Crippen LogP contribution in [0, 0.1) is 6.92 Å². The van der Waals surface area contributed by atoms with Crippen molar-refractivity contribution >= 4 is 0 Å². The van der Waals surface area contributed by atoms with Gasteiger partial charge in [-0.2, -0.15) is 5.10 Å². The lowest BCUT2D eigenvalue weighted by atomic mass is 10.2. The van der Waals surface area contributed by atoms with Gasteiger partial charge in [0.1, 0.15) is 23.9 Å². The molecule has 0 bridgehead atoms. The molecule has 0 radical (unpaired) electrons. The smallest absolute Gasteiger partial charge is 0.150 e. The Hall–Kier alpha value is -1.62. The van der Waals surface area contributed by atoms with Crippen LogP contribution in [0.5, 0.6) is 0 Å². The molecule has 0 aliphatic rings. The average molecular weight is 276 g/mol. The second-order valence-corrected chi connectivity index (χ2v) is 4.88. The Labute approximate surface area is 120 Å². The summed E-state index contributed by atoms with van der Waals surface area (Å²) in [7, 11) is 0. The van der Waals surface area contributed by atoms with Gasteiger partial charge < -0.3 is 9.73 Å². The quantitative estimate of drug-likeness (QED) is 0.844. The second-order valence-electron chi connectivity index (χ2n) is 4.88. The zero-order valence-electron chi connectivity index (χ0n) is 12.9. The van der Waals surface area contributed by atoms with Gasteiger partial charge in [0.2, 0.25) is 0 Å². The molecule has 5 nitrogen and oxygen atoms in total. The van der Waals surface area contributed by atoms with Crippen LogP contribution in [0.4, 0.5) is 0 Å². The van der Waals surface area contributed by atoms with Crippen molar-refractivity contribution in [3.63, 3.8) is 0 Å². The van der Waals surface area contributed by atoms with Gasteiger partial charge in [-0.05, 0) is 19.5 Å². The van der Waals surface area contributed by atoms with Gasteiger partial charge >= 0.3 is 0 Å². The number of furan rings is 1. The van der Waals surface area contributed by atoms with Crippen molar-refractivity contribution in [2.24, 2.45) is 0 Å². The number of aromatic nitrogens is 3. The van der Waals surface area contributed by atoms with Gasteiger partial charge in [-0.25, -0.2) is 9.67 Å². The van der Waals surface area contributed by atoms with Crippen LogP contribution in [0.15, 0.2) is 10.5 Å². The predicted octanol–water partition coefficient (Wildman–Crippen LogP) is 2.46. The molecule has 2 rings (SSSR count). The largest absolute Gasteiger partial charge is 0.464 e. The van der Waals surface area contributed by atoms with Gasteiger partial charge in [0.15, 0.2) is 5.82 Å². The van der Waals surface area contributed by atoms with E-state index in [0.717, 1.165) is 49.1 Å². The summed E-state index contributed by atoms with van der Waals surface area (Å²) in [6.45, 7) is 10.8. The van der Waals surface area contributed by atoms with E-state index in [4.69, 9.17) is 4.42 Å². The topological polar surface area (TPSA) is 55.9 Å². The van der Waals surface area contributed by atoms with Crippen molar-refractivity contribution in [1.82, 2.24) is 20.1 Å². The van der Waals surface area contributed by atoms with E-state index in [9.17, 15) is 0 Å². The SMILES string of the molecule is CCNCc1cc(Cn2nc(CC)nc2CC)oc1C. The van der Waals surface area contributed by atoms with Gasteiger partial charge in [0.05, 0.1) is 0 Å². The minimum atomic E-state index is 0.656. The number of nitrogens with zero attached hydrogens (tertiary/aromatic N) is 3. The highest BCUT2D eigenvalue weighted by atomic mass is 16.3. The first-order valence-corrected chi connectivity index (χ1v) is 7.39. The zero-order valence-corrected chi connectivity index (χ0v) is 12.9. The third-order valence-electron chi connectivity index (χ3n) is 3.37. The molecule has 20 heavy (non-hydrogen) atoms. The molecule has 0 amide bonds. The van der Waals surface area contributed by atoms with Crippen molar-refractivity contribution in [1.29, 1.82) is 0 Å². The fourth-order valence-corrected chi connectivity index (χ4v) is 2.21. The van der Waals surface area contributed by atoms with Gasteiger partial charge in [0.25, 0.3) is 0 Å². The van der Waals surface area contributed by atoms with Crippen LogP contribution < -0.4 is 5.32 Å². The fraction of sp³-hybridized carbons (Fsp3) is 0.600. The lowest BCUT2D eigenvalue weighted by Crippen LogP contribution is -2.11. The Morgan fingerprint density at radius 1 is 1.25 bits per heavy atom. The van der Waals surface area contributed by atoms with Crippen molar-refractivity contribution in [3.8, 4) is 0 Å². The summed E-state index contributed by atoms with van der Waals surface area (Å²) in [6.07, 6.45) is 1.75. The molecule has 0 fully saturated rings. The minimum absolute atomic E-state index is 0.656. The van der Waals surface area contributed by atoms with Crippen molar-refractivity contribution in [3.05, 3.63) is 34.8 Å². The first kappa shape index (κ1) is 14.8. The summed E-state index contributed by atoms with van der Waals surface area (Å²) in [5.41, 5.74) is 1.22. The predicted molar refractivity (Wildman–Crippen MR) is 78.7 cm³/mol. The van der Waals surface area contributed by atoms with E-state index < -0.39 is 0 Å². The molecule has 0 aliphatic carbocycles. The van der Waals surface area contributed by atoms with Crippen molar-refractivity contribution in [2.45, 2.75) is 53.6 Å². The lowest BCUT2D eigenvalue weighted by Gasteiger charge is -2.01. The van der Waals surface area contributed by atoms with Gasteiger partial charge in [-0.15, -0.1) is 0 Å². The van der Waals surface area contributed by atoms with Crippen LogP contribution in [0.25, 0.3) is 0 Å². The van der Waals surface area contributed by atoms with Crippen molar-refractivity contribution < 1.29 is 4.42 Å². The first-order chi connectivity index (χ1) is 9.67. The second kappa shape index (κ2) is 6.70. The lowest BCUT2D eigenvalue weighted by molar-refractivity contribution is 0.451. The van der Waals surface area contributed by atoms with Crippen molar-refractivity contribution in [2.75, 3.05) is 6.54 Å². The Bertz CT molecular complexity index is 556. The molecule has 0 saturated carbocycles. The van der Waals surface area contributed by atoms with Gasteiger partial charge in [0, 0.05) is 24.9 Å². The highest BCUT2D eigenvalue weighted by molar-refractivity contribution is 5.21. The molecule has 0 aliphatic heterocycles. The molecule has 0 saturated heterocycles. The summed E-state index contributed by atoms with van der Waals surface area (Å²) in [6, 6.07) is 2.12. The summed E-state index contributed by atoms with van der Waals surface area (Å²) in [5.74, 6) is 3.84. The number of rotatable bonds is 7. The monoisotopic (exact) mass is 276 g/mol. The van der Waals surface area contributed by atoms with E-state index in [1.165, 1.54) is 5.56 Å². The van der Waals surface area contributed by atoms with E-state index in [-0.39, 0.29) is 0 Å². The molecule has 0 spiro atoms. The number of aryl methyl sites for hydroxylation is 3. The molecule has 5 heteroatoms. The van der Waals surface area contributed by atoms with E-state index >= 15 is 0 Å². The fourth-order valence-electron chi connectivity index (χ4n) is 2.21. The van der Waals surface area contributed by atoms with Crippen LogP contribution >= 0.6 is 0 Å². The number of nitrogens with one attached hydrogen (secondary N) is 1. The maximum atomic E-state index is 5.83. The normalized spacial score (nSPS) is 11.2. The standard InChI is InChI=1S/C15H24N4O/c1-5-14-17-15(6-2)19(18-14)10-13-8-12(9-16-7-3)11(4)20-13/h8,16H,5-7,9-10H2,1-4H3. The molecule has 0 atom stereocenters. The molecule has 2 aromatic heterocycles. The highest BCUT2D eigenvalue weighted by Gasteiger charge is 2.12. The molecule has 1 N–H and O–H groups in total. The average Bonchev–Trinajstić information content (AvgIpc) is 3.00. The van der Waals surface area contributed by atoms with Crippen LogP contribution in [0.1, 0.15) is 49.5 Å². The van der Waals surface area contributed by atoms with E-state index in [1.54, 1.807) is 0 Å². The third kappa shape index (κ3) is 3.28. The molecular weight excluding hydrogens is 252 g/mol. The summed E-state index contributed by atoms with van der Waals surface area (Å²) < 4.78 is 7.78. The maximum absolute atomic E-state index is 5.83. The van der Waals surface area contributed by atoms with Gasteiger partial charge in [-0.3, -0.25) is 0 Å². The summed E-state index contributed by atoms with van der Waals surface area (Å²) >= 11 is 0. The Morgan fingerprint density at radius 2 is 2.05 bits per heavy atom. The van der Waals surface area contributed by atoms with E-state index in [2.05, 4.69) is 42.2 Å². The molecule has 0 aromatic carbocycles. The van der Waals surface area contributed by atoms with E-state index in [1.807, 2.05) is 11.6 Å². The van der Waals surface area contributed by atoms with Crippen LogP contribution in [-0.4, -0.2) is 21.3 Å². The molecule has 110 valence electrons. The van der Waals surface area contributed by atoms with E-state index in [0.29, 0.717) is 6.54 Å². The van der Waals surface area contributed by atoms with Crippen LogP contribution in [0.2, 0.25) is 0 Å². The highest BCUT2D eigenvalue weighted by Crippen LogP contribution is 2.16. The summed E-state index contributed by atoms with van der Waals surface area (Å²) in [4.78, 5) is 4.52. The number of hydrogen-bond donors (Lipinski definition) is 1. The molecule has 0 unspecified atom stereocenters. The Balaban J connectivity index is 2.15. The number of hydrogen-bond acceptors (Lipinski definition) is 4. The maximum Gasteiger partial charge on any atom is 0.150 e. The van der Waals surface area contributed by atoms with Crippen LogP contribution in [0.3, 0.4) is 0 Å². The van der Waals surface area contributed by atoms with Gasteiger partial charge in [-0.1, -0.05) is 20.8 Å². The third-order valence-corrected chi connectivity index (χ3v) is 3.37. The first-order valence-electron chi connectivity index (χ1n) is 7.39. The molecule has 2 heterocycles. The summed E-state index contributed by atoms with van der Waals surface area (Å²) in [5, 5.41) is 7.85. The molecule has 2 aromatic rings. The van der Waals surface area contributed by atoms with Crippen LogP contribution in [-0.2, 0) is 25.9 Å². The Kier molecular flexibility index (Phi) is 4.95.